The molecule has 0 atom stereocenters. The predicted molar refractivity (Wildman–Crippen MR) is 62.2 cm³/mol. The number of morpholine rings is 1. The first kappa shape index (κ1) is 11.8. The Hall–Kier alpha value is -1.68. The lowest BCUT2D eigenvalue weighted by atomic mass is 10.1. The van der Waals surface area contributed by atoms with Crippen molar-refractivity contribution in [2.75, 3.05) is 13.1 Å². The van der Waals surface area contributed by atoms with Gasteiger partial charge in [-0.3, -0.25) is 14.5 Å². The van der Waals surface area contributed by atoms with Crippen molar-refractivity contribution in [2.45, 2.75) is 19.9 Å². The summed E-state index contributed by atoms with van der Waals surface area (Å²) in [5.41, 5.74) is 2.38. The minimum atomic E-state index is -0.466. The first-order chi connectivity index (χ1) is 8.17. The van der Waals surface area contributed by atoms with Gasteiger partial charge in [0, 0.05) is 6.54 Å². The van der Waals surface area contributed by atoms with E-state index in [1.165, 1.54) is 5.56 Å². The molecule has 0 saturated carbocycles. The van der Waals surface area contributed by atoms with Gasteiger partial charge in [0.1, 0.15) is 0 Å². The van der Waals surface area contributed by atoms with Crippen molar-refractivity contribution in [1.29, 1.82) is 0 Å². The summed E-state index contributed by atoms with van der Waals surface area (Å²) in [6, 6.07) is 8.20. The van der Waals surface area contributed by atoms with E-state index in [-0.39, 0.29) is 13.1 Å². The fourth-order valence-corrected chi connectivity index (χ4v) is 1.86. The van der Waals surface area contributed by atoms with Gasteiger partial charge in [0.15, 0.2) is 0 Å². The fourth-order valence-electron chi connectivity index (χ4n) is 1.86. The van der Waals surface area contributed by atoms with Gasteiger partial charge in [-0.15, -0.1) is 0 Å². The van der Waals surface area contributed by atoms with Crippen molar-refractivity contribution in [3.63, 3.8) is 0 Å². The molecule has 17 heavy (non-hydrogen) atoms. The van der Waals surface area contributed by atoms with Crippen molar-refractivity contribution < 1.29 is 14.3 Å². The highest BCUT2D eigenvalue weighted by Crippen LogP contribution is 2.10. The highest BCUT2D eigenvalue weighted by molar-refractivity contribution is 5.90. The highest BCUT2D eigenvalue weighted by Gasteiger charge is 2.24. The third-order valence-electron chi connectivity index (χ3n) is 2.77. The van der Waals surface area contributed by atoms with Gasteiger partial charge in [-0.2, -0.15) is 0 Å². The zero-order chi connectivity index (χ0) is 12.3. The van der Waals surface area contributed by atoms with Crippen LogP contribution in [-0.2, 0) is 27.3 Å². The second-order valence-electron chi connectivity index (χ2n) is 4.16. The molecule has 0 spiro atoms. The average Bonchev–Trinajstić information content (AvgIpc) is 2.28. The summed E-state index contributed by atoms with van der Waals surface area (Å²) in [6.07, 6.45) is 1.01. The van der Waals surface area contributed by atoms with Gasteiger partial charge in [-0.25, -0.2) is 0 Å². The van der Waals surface area contributed by atoms with E-state index in [4.69, 9.17) is 0 Å². The smallest absolute Gasteiger partial charge is 0.327 e. The monoisotopic (exact) mass is 233 g/mol. The molecule has 1 saturated heterocycles. The first-order valence-electron chi connectivity index (χ1n) is 5.71. The predicted octanol–water partition coefficient (Wildman–Crippen LogP) is 1.13. The van der Waals surface area contributed by atoms with Crippen LogP contribution in [0.3, 0.4) is 0 Å². The number of hydrogen-bond donors (Lipinski definition) is 0. The fraction of sp³-hybridized carbons (Fsp3) is 0.385. The maximum Gasteiger partial charge on any atom is 0.327 e. The standard InChI is InChI=1S/C13H15NO3/c1-2-10-3-5-11(6-4-10)7-14-8-12(15)17-13(16)9-14/h3-6H,2,7-9H2,1H3. The van der Waals surface area contributed by atoms with Crippen LogP contribution in [-0.4, -0.2) is 29.9 Å². The van der Waals surface area contributed by atoms with E-state index in [1.54, 1.807) is 4.90 Å². The van der Waals surface area contributed by atoms with Crippen molar-refractivity contribution in [1.82, 2.24) is 4.90 Å². The van der Waals surface area contributed by atoms with Gasteiger partial charge < -0.3 is 4.74 Å². The van der Waals surface area contributed by atoms with E-state index in [1.807, 2.05) is 12.1 Å². The number of esters is 2. The Morgan fingerprint density at radius 1 is 1.06 bits per heavy atom. The molecule has 1 aromatic carbocycles. The number of cyclic esters (lactones) is 2. The molecule has 0 N–H and O–H groups in total. The number of aryl methyl sites for hydroxylation is 1. The summed E-state index contributed by atoms with van der Waals surface area (Å²) < 4.78 is 4.47. The third kappa shape index (κ3) is 3.14. The third-order valence-corrected chi connectivity index (χ3v) is 2.77. The second kappa shape index (κ2) is 5.10. The largest absolute Gasteiger partial charge is 0.391 e. The molecule has 1 aromatic rings. The molecule has 0 radical (unpaired) electrons. The summed E-state index contributed by atoms with van der Waals surface area (Å²) in [5, 5.41) is 0. The van der Waals surface area contributed by atoms with Gasteiger partial charge in [-0.05, 0) is 17.5 Å². The van der Waals surface area contributed by atoms with Gasteiger partial charge in [-0.1, -0.05) is 31.2 Å². The van der Waals surface area contributed by atoms with E-state index >= 15 is 0 Å². The van der Waals surface area contributed by atoms with Crippen LogP contribution in [0.4, 0.5) is 0 Å². The van der Waals surface area contributed by atoms with Crippen LogP contribution < -0.4 is 0 Å². The van der Waals surface area contributed by atoms with E-state index in [0.29, 0.717) is 6.54 Å². The quantitative estimate of drug-likeness (QED) is 0.580. The topological polar surface area (TPSA) is 46.6 Å². The minimum Gasteiger partial charge on any atom is -0.391 e. The van der Waals surface area contributed by atoms with Gasteiger partial charge in [0.05, 0.1) is 13.1 Å². The van der Waals surface area contributed by atoms with Gasteiger partial charge in [0.2, 0.25) is 0 Å². The lowest BCUT2D eigenvalue weighted by molar-refractivity contribution is -0.167. The van der Waals surface area contributed by atoms with Crippen LogP contribution in [0.5, 0.6) is 0 Å². The molecule has 0 aromatic heterocycles. The summed E-state index contributed by atoms with van der Waals surface area (Å²) in [7, 11) is 0. The van der Waals surface area contributed by atoms with Crippen molar-refractivity contribution in [3.8, 4) is 0 Å². The molecule has 1 aliphatic heterocycles. The molecule has 2 rings (SSSR count). The maximum atomic E-state index is 11.1. The minimum absolute atomic E-state index is 0.182. The Balaban J connectivity index is 1.99. The molecule has 1 heterocycles. The summed E-state index contributed by atoms with van der Waals surface area (Å²) in [4.78, 5) is 24.0. The number of rotatable bonds is 3. The average molecular weight is 233 g/mol. The highest BCUT2D eigenvalue weighted by atomic mass is 16.6. The van der Waals surface area contributed by atoms with Crippen molar-refractivity contribution in [3.05, 3.63) is 35.4 Å². The number of ether oxygens (including phenoxy) is 1. The van der Waals surface area contributed by atoms with E-state index in [0.717, 1.165) is 12.0 Å². The number of benzene rings is 1. The molecule has 90 valence electrons. The van der Waals surface area contributed by atoms with Crippen molar-refractivity contribution >= 4 is 11.9 Å². The van der Waals surface area contributed by atoms with E-state index in [2.05, 4.69) is 23.8 Å². The first-order valence-corrected chi connectivity index (χ1v) is 5.71. The van der Waals surface area contributed by atoms with Gasteiger partial charge >= 0.3 is 11.9 Å². The molecular weight excluding hydrogens is 218 g/mol. The second-order valence-corrected chi connectivity index (χ2v) is 4.16. The lowest BCUT2D eigenvalue weighted by Gasteiger charge is -2.24. The van der Waals surface area contributed by atoms with E-state index < -0.39 is 11.9 Å². The molecular formula is C13H15NO3. The van der Waals surface area contributed by atoms with Crippen molar-refractivity contribution in [2.24, 2.45) is 0 Å². The molecule has 0 bridgehead atoms. The van der Waals surface area contributed by atoms with Crippen LogP contribution in [0, 0.1) is 0 Å². The summed E-state index contributed by atoms with van der Waals surface area (Å²) >= 11 is 0. The molecule has 0 amide bonds. The Labute approximate surface area is 100 Å². The maximum absolute atomic E-state index is 11.1. The Morgan fingerprint density at radius 3 is 2.12 bits per heavy atom. The summed E-state index contributed by atoms with van der Waals surface area (Å²) in [6.45, 7) is 3.07. The Kier molecular flexibility index (Phi) is 3.54. The van der Waals surface area contributed by atoms with Crippen LogP contribution in [0.2, 0.25) is 0 Å². The molecule has 4 heteroatoms. The zero-order valence-corrected chi connectivity index (χ0v) is 9.81. The molecule has 0 unspecified atom stereocenters. The molecule has 0 aliphatic carbocycles. The number of carbonyl (C=O) groups excluding carboxylic acids is 2. The normalized spacial score (nSPS) is 17.0. The molecule has 1 aliphatic rings. The van der Waals surface area contributed by atoms with Gasteiger partial charge in [0.25, 0.3) is 0 Å². The van der Waals surface area contributed by atoms with Crippen LogP contribution in [0.1, 0.15) is 18.1 Å². The van der Waals surface area contributed by atoms with Crippen LogP contribution >= 0.6 is 0 Å². The SMILES string of the molecule is CCc1ccc(CN2CC(=O)OC(=O)C2)cc1. The number of carbonyl (C=O) groups is 2. The molecule has 4 nitrogen and oxygen atoms in total. The Morgan fingerprint density at radius 2 is 1.59 bits per heavy atom. The Bertz CT molecular complexity index is 409. The van der Waals surface area contributed by atoms with Crippen LogP contribution in [0.25, 0.3) is 0 Å². The zero-order valence-electron chi connectivity index (χ0n) is 9.81. The lowest BCUT2D eigenvalue weighted by Crippen LogP contribution is -2.42. The van der Waals surface area contributed by atoms with Crippen LogP contribution in [0.15, 0.2) is 24.3 Å². The number of hydrogen-bond acceptors (Lipinski definition) is 4. The summed E-state index contributed by atoms with van der Waals surface area (Å²) in [5.74, 6) is -0.933. The number of nitrogens with zero attached hydrogens (tertiary/aromatic N) is 1. The van der Waals surface area contributed by atoms with E-state index in [9.17, 15) is 9.59 Å². The molecule has 1 fully saturated rings.